The standard InChI is InChI=1S/C25H19ClN4O3/c1-16-5-11-21(29-25(33)22-12-6-17(26)15-27-22)20(14-16)24(32)28-18-7-9-19(10-8-18)30-13-3-2-4-23(30)31/h2-15H,1H3,(H,28,32)(H,29,33). The molecular weight excluding hydrogens is 440 g/mol. The predicted octanol–water partition coefficient (Wildman–Crippen LogP) is 4.70. The Morgan fingerprint density at radius 2 is 1.70 bits per heavy atom. The van der Waals surface area contributed by atoms with Gasteiger partial charge in [-0.1, -0.05) is 29.3 Å². The van der Waals surface area contributed by atoms with E-state index in [1.165, 1.54) is 22.9 Å². The van der Waals surface area contributed by atoms with E-state index < -0.39 is 5.91 Å². The molecule has 0 radical (unpaired) electrons. The smallest absolute Gasteiger partial charge is 0.274 e. The summed E-state index contributed by atoms with van der Waals surface area (Å²) in [5, 5.41) is 5.98. The Labute approximate surface area is 194 Å². The Morgan fingerprint density at radius 1 is 0.909 bits per heavy atom. The molecule has 4 rings (SSSR count). The number of nitrogens with one attached hydrogen (secondary N) is 2. The van der Waals surface area contributed by atoms with Gasteiger partial charge in [-0.3, -0.25) is 19.0 Å². The van der Waals surface area contributed by atoms with Crippen LogP contribution in [-0.2, 0) is 0 Å². The minimum atomic E-state index is -0.456. The van der Waals surface area contributed by atoms with Crippen LogP contribution in [0.5, 0.6) is 0 Å². The number of pyridine rings is 2. The van der Waals surface area contributed by atoms with Crippen LogP contribution >= 0.6 is 11.6 Å². The maximum atomic E-state index is 13.0. The van der Waals surface area contributed by atoms with Crippen molar-refractivity contribution in [3.8, 4) is 5.69 Å². The normalized spacial score (nSPS) is 10.5. The number of anilines is 2. The van der Waals surface area contributed by atoms with E-state index in [0.717, 1.165) is 5.56 Å². The zero-order chi connectivity index (χ0) is 23.4. The van der Waals surface area contributed by atoms with E-state index in [0.29, 0.717) is 27.6 Å². The molecule has 0 aliphatic heterocycles. The van der Waals surface area contributed by atoms with Crippen LogP contribution in [0.1, 0.15) is 26.4 Å². The molecule has 0 spiro atoms. The molecule has 7 nitrogen and oxygen atoms in total. The fourth-order valence-electron chi connectivity index (χ4n) is 3.20. The molecule has 2 amide bonds. The first-order chi connectivity index (χ1) is 15.9. The molecule has 0 atom stereocenters. The molecule has 2 aromatic carbocycles. The molecule has 2 heterocycles. The van der Waals surface area contributed by atoms with Crippen molar-refractivity contribution in [2.45, 2.75) is 6.92 Å². The Morgan fingerprint density at radius 3 is 2.39 bits per heavy atom. The van der Waals surface area contributed by atoms with Crippen molar-refractivity contribution in [3.05, 3.63) is 117 Å². The third kappa shape index (κ3) is 5.16. The molecule has 0 aliphatic carbocycles. The number of amides is 2. The lowest BCUT2D eigenvalue weighted by Crippen LogP contribution is -2.19. The highest BCUT2D eigenvalue weighted by molar-refractivity contribution is 6.30. The van der Waals surface area contributed by atoms with Gasteiger partial charge in [0, 0.05) is 29.8 Å². The zero-order valence-electron chi connectivity index (χ0n) is 17.6. The lowest BCUT2D eigenvalue weighted by Gasteiger charge is -2.13. The van der Waals surface area contributed by atoms with Gasteiger partial charge in [0.25, 0.3) is 17.4 Å². The van der Waals surface area contributed by atoms with Crippen LogP contribution in [0.2, 0.25) is 5.02 Å². The maximum absolute atomic E-state index is 13.0. The van der Waals surface area contributed by atoms with Crippen LogP contribution in [0.25, 0.3) is 5.69 Å². The van der Waals surface area contributed by atoms with Crippen molar-refractivity contribution < 1.29 is 9.59 Å². The van der Waals surface area contributed by atoms with E-state index in [-0.39, 0.29) is 17.2 Å². The van der Waals surface area contributed by atoms with Crippen molar-refractivity contribution in [2.75, 3.05) is 10.6 Å². The lowest BCUT2D eigenvalue weighted by molar-refractivity contribution is 0.102. The van der Waals surface area contributed by atoms with E-state index in [4.69, 9.17) is 11.6 Å². The van der Waals surface area contributed by atoms with Crippen molar-refractivity contribution in [3.63, 3.8) is 0 Å². The largest absolute Gasteiger partial charge is 0.322 e. The van der Waals surface area contributed by atoms with E-state index >= 15 is 0 Å². The van der Waals surface area contributed by atoms with Gasteiger partial charge in [-0.15, -0.1) is 0 Å². The third-order valence-corrected chi connectivity index (χ3v) is 5.08. The van der Waals surface area contributed by atoms with Crippen molar-refractivity contribution >= 4 is 34.8 Å². The molecule has 2 N–H and O–H groups in total. The maximum Gasteiger partial charge on any atom is 0.274 e. The molecule has 0 aliphatic rings. The molecule has 0 bridgehead atoms. The quantitative estimate of drug-likeness (QED) is 0.453. The minimum Gasteiger partial charge on any atom is -0.322 e. The summed E-state index contributed by atoms with van der Waals surface area (Å²) in [6.07, 6.45) is 3.06. The summed E-state index contributed by atoms with van der Waals surface area (Å²) in [4.78, 5) is 41.6. The fraction of sp³-hybridized carbons (Fsp3) is 0.0400. The molecular formula is C25H19ClN4O3. The summed E-state index contributed by atoms with van der Waals surface area (Å²) in [6.45, 7) is 1.86. The number of hydrogen-bond acceptors (Lipinski definition) is 4. The second-order valence-corrected chi connectivity index (χ2v) is 7.71. The molecule has 0 saturated carbocycles. The van der Waals surface area contributed by atoms with Gasteiger partial charge in [-0.05, 0) is 61.5 Å². The fourth-order valence-corrected chi connectivity index (χ4v) is 3.31. The number of rotatable bonds is 5. The number of nitrogens with zero attached hydrogens (tertiary/aromatic N) is 2. The average Bonchev–Trinajstić information content (AvgIpc) is 2.81. The van der Waals surface area contributed by atoms with Gasteiger partial charge < -0.3 is 10.6 Å². The number of hydrogen-bond donors (Lipinski definition) is 2. The first-order valence-electron chi connectivity index (χ1n) is 10.0. The van der Waals surface area contributed by atoms with Crippen LogP contribution < -0.4 is 16.2 Å². The van der Waals surface area contributed by atoms with E-state index in [2.05, 4.69) is 15.6 Å². The average molecular weight is 459 g/mol. The zero-order valence-corrected chi connectivity index (χ0v) is 18.3. The van der Waals surface area contributed by atoms with Crippen LogP contribution in [0.4, 0.5) is 11.4 Å². The van der Waals surface area contributed by atoms with Gasteiger partial charge in [-0.2, -0.15) is 0 Å². The van der Waals surface area contributed by atoms with Crippen LogP contribution in [0.3, 0.4) is 0 Å². The first-order valence-corrected chi connectivity index (χ1v) is 10.4. The number of aromatic nitrogens is 2. The summed E-state index contributed by atoms with van der Waals surface area (Å²) in [6, 6.07) is 20.0. The number of carbonyl (C=O) groups excluding carboxylic acids is 2. The van der Waals surface area contributed by atoms with Gasteiger partial charge in [0.1, 0.15) is 5.69 Å². The molecule has 8 heteroatoms. The summed E-state index contributed by atoms with van der Waals surface area (Å²) < 4.78 is 1.50. The Balaban J connectivity index is 1.54. The van der Waals surface area contributed by atoms with Crippen molar-refractivity contribution in [1.29, 1.82) is 0 Å². The van der Waals surface area contributed by atoms with Crippen LogP contribution in [-0.4, -0.2) is 21.4 Å². The van der Waals surface area contributed by atoms with Crippen LogP contribution in [0.15, 0.2) is 90.0 Å². The SMILES string of the molecule is Cc1ccc(NC(=O)c2ccc(Cl)cn2)c(C(=O)Nc2ccc(-n3ccccc3=O)cc2)c1. The van der Waals surface area contributed by atoms with E-state index in [9.17, 15) is 14.4 Å². The highest BCUT2D eigenvalue weighted by atomic mass is 35.5. The van der Waals surface area contributed by atoms with Gasteiger partial charge in [0.05, 0.1) is 16.3 Å². The Kier molecular flexibility index (Phi) is 6.33. The highest BCUT2D eigenvalue weighted by Crippen LogP contribution is 2.21. The van der Waals surface area contributed by atoms with E-state index in [1.807, 2.05) is 6.92 Å². The molecule has 0 fully saturated rings. The first kappa shape index (κ1) is 22.0. The Bertz CT molecular complexity index is 1380. The van der Waals surface area contributed by atoms with Gasteiger partial charge in [0.2, 0.25) is 0 Å². The second kappa shape index (κ2) is 9.50. The monoisotopic (exact) mass is 458 g/mol. The highest BCUT2D eigenvalue weighted by Gasteiger charge is 2.16. The molecule has 164 valence electrons. The molecule has 0 unspecified atom stereocenters. The number of aryl methyl sites for hydroxylation is 1. The van der Waals surface area contributed by atoms with E-state index in [1.54, 1.807) is 66.9 Å². The molecule has 2 aromatic heterocycles. The van der Waals surface area contributed by atoms with Gasteiger partial charge in [-0.25, -0.2) is 4.98 Å². The number of halogens is 1. The molecule has 33 heavy (non-hydrogen) atoms. The summed E-state index contributed by atoms with van der Waals surface area (Å²) >= 11 is 5.83. The lowest BCUT2D eigenvalue weighted by atomic mass is 10.1. The second-order valence-electron chi connectivity index (χ2n) is 7.27. The third-order valence-electron chi connectivity index (χ3n) is 4.85. The van der Waals surface area contributed by atoms with Crippen LogP contribution in [0, 0.1) is 6.92 Å². The molecule has 0 saturated heterocycles. The number of carbonyl (C=O) groups is 2. The number of benzene rings is 2. The predicted molar refractivity (Wildman–Crippen MR) is 128 cm³/mol. The van der Waals surface area contributed by atoms with Crippen molar-refractivity contribution in [2.24, 2.45) is 0 Å². The van der Waals surface area contributed by atoms with Crippen molar-refractivity contribution in [1.82, 2.24) is 9.55 Å². The summed E-state index contributed by atoms with van der Waals surface area (Å²) in [7, 11) is 0. The minimum absolute atomic E-state index is 0.149. The summed E-state index contributed by atoms with van der Waals surface area (Å²) in [5.74, 6) is -0.843. The Hall–Kier alpha value is -4.23. The topological polar surface area (TPSA) is 93.1 Å². The van der Waals surface area contributed by atoms with Gasteiger partial charge in [0.15, 0.2) is 0 Å². The molecule has 4 aromatic rings. The summed E-state index contributed by atoms with van der Waals surface area (Å²) in [5.41, 5.74) is 2.78. The van der Waals surface area contributed by atoms with Gasteiger partial charge >= 0.3 is 0 Å².